The van der Waals surface area contributed by atoms with Crippen molar-refractivity contribution in [3.8, 4) is 0 Å². The van der Waals surface area contributed by atoms with E-state index in [2.05, 4.69) is 4.18 Å². The molecule has 54 valence electrons. The van der Waals surface area contributed by atoms with Crippen LogP contribution in [0.3, 0.4) is 0 Å². The molecule has 1 aromatic rings. The zero-order valence-corrected chi connectivity index (χ0v) is 6.32. The molecule has 3 heteroatoms. The van der Waals surface area contributed by atoms with Gasteiger partial charge in [0.05, 0.1) is 12.0 Å². The van der Waals surface area contributed by atoms with Crippen molar-refractivity contribution in [1.82, 2.24) is 0 Å². The standard InChI is InChI=1S/C7H7FOS/c1-9-10-7-5-3-2-4-6(7)8/h2-5H,1H3. The smallest absolute Gasteiger partial charge is 0.139 e. The van der Waals surface area contributed by atoms with Crippen LogP contribution in [0, 0.1) is 5.82 Å². The maximum atomic E-state index is 12.7. The summed E-state index contributed by atoms with van der Waals surface area (Å²) in [4.78, 5) is 0.519. The summed E-state index contributed by atoms with van der Waals surface area (Å²) in [6, 6.07) is 6.49. The van der Waals surface area contributed by atoms with Gasteiger partial charge in [0.15, 0.2) is 0 Å². The van der Waals surface area contributed by atoms with E-state index in [9.17, 15) is 4.39 Å². The molecular formula is C7H7FOS. The number of benzene rings is 1. The molecule has 1 aromatic carbocycles. The van der Waals surface area contributed by atoms with E-state index in [0.717, 1.165) is 12.0 Å². The molecule has 1 nitrogen and oxygen atoms in total. The summed E-state index contributed by atoms with van der Waals surface area (Å²) in [5, 5.41) is 0. The molecule has 0 aliphatic rings. The first-order valence-electron chi connectivity index (χ1n) is 2.80. The van der Waals surface area contributed by atoms with Crippen LogP contribution in [-0.4, -0.2) is 7.11 Å². The first kappa shape index (κ1) is 7.57. The monoisotopic (exact) mass is 158 g/mol. The molecule has 0 heterocycles. The Bertz CT molecular complexity index is 215. The lowest BCUT2D eigenvalue weighted by atomic mass is 10.4. The molecule has 0 saturated carbocycles. The minimum atomic E-state index is -0.241. The number of hydrogen-bond acceptors (Lipinski definition) is 2. The lowest BCUT2D eigenvalue weighted by molar-refractivity contribution is 0.485. The third-order valence-electron chi connectivity index (χ3n) is 1.01. The Hall–Kier alpha value is -0.540. The molecule has 0 aromatic heterocycles. The highest BCUT2D eigenvalue weighted by atomic mass is 32.2. The van der Waals surface area contributed by atoms with Crippen molar-refractivity contribution in [3.05, 3.63) is 30.1 Å². The second-order valence-electron chi connectivity index (χ2n) is 1.68. The topological polar surface area (TPSA) is 9.23 Å². The quantitative estimate of drug-likeness (QED) is 0.611. The molecule has 0 radical (unpaired) electrons. The van der Waals surface area contributed by atoms with Gasteiger partial charge < -0.3 is 4.18 Å². The van der Waals surface area contributed by atoms with Gasteiger partial charge in [0.1, 0.15) is 5.82 Å². The fourth-order valence-corrected chi connectivity index (χ4v) is 1.06. The summed E-state index contributed by atoms with van der Waals surface area (Å²) in [5.41, 5.74) is 0. The van der Waals surface area contributed by atoms with Gasteiger partial charge in [-0.05, 0) is 12.1 Å². The van der Waals surface area contributed by atoms with Crippen molar-refractivity contribution in [1.29, 1.82) is 0 Å². The van der Waals surface area contributed by atoms with Gasteiger partial charge in [-0.25, -0.2) is 4.39 Å². The van der Waals surface area contributed by atoms with Crippen LogP contribution in [0.4, 0.5) is 4.39 Å². The van der Waals surface area contributed by atoms with E-state index in [0.29, 0.717) is 4.90 Å². The highest BCUT2D eigenvalue weighted by Gasteiger charge is 1.98. The lowest BCUT2D eigenvalue weighted by Crippen LogP contribution is -1.78. The Morgan fingerprint density at radius 1 is 1.40 bits per heavy atom. The van der Waals surface area contributed by atoms with Crippen LogP contribution in [-0.2, 0) is 4.18 Å². The van der Waals surface area contributed by atoms with Crippen molar-refractivity contribution in [3.63, 3.8) is 0 Å². The molecule has 0 spiro atoms. The summed E-state index contributed by atoms with van der Waals surface area (Å²) < 4.78 is 17.4. The van der Waals surface area contributed by atoms with Crippen LogP contribution >= 0.6 is 12.0 Å². The van der Waals surface area contributed by atoms with Gasteiger partial charge >= 0.3 is 0 Å². The van der Waals surface area contributed by atoms with E-state index in [1.807, 2.05) is 0 Å². The third kappa shape index (κ3) is 1.72. The molecule has 0 bridgehead atoms. The molecule has 0 aliphatic carbocycles. The summed E-state index contributed by atoms with van der Waals surface area (Å²) in [7, 11) is 1.51. The molecule has 0 amide bonds. The normalized spacial score (nSPS) is 9.80. The van der Waals surface area contributed by atoms with E-state index in [1.165, 1.54) is 13.2 Å². The van der Waals surface area contributed by atoms with E-state index < -0.39 is 0 Å². The van der Waals surface area contributed by atoms with Crippen molar-refractivity contribution in [2.45, 2.75) is 4.90 Å². The predicted octanol–water partition coefficient (Wildman–Crippen LogP) is 2.48. The Kier molecular flexibility index (Phi) is 2.71. The number of hydrogen-bond donors (Lipinski definition) is 0. The highest BCUT2D eigenvalue weighted by molar-refractivity contribution is 7.94. The van der Waals surface area contributed by atoms with E-state index in [4.69, 9.17) is 0 Å². The van der Waals surface area contributed by atoms with E-state index >= 15 is 0 Å². The summed E-state index contributed by atoms with van der Waals surface area (Å²) in [6.07, 6.45) is 0. The summed E-state index contributed by atoms with van der Waals surface area (Å²) >= 11 is 1.03. The molecule has 1 rings (SSSR count). The molecule has 0 fully saturated rings. The van der Waals surface area contributed by atoms with Crippen molar-refractivity contribution < 1.29 is 8.57 Å². The van der Waals surface area contributed by atoms with E-state index in [1.54, 1.807) is 18.2 Å². The molecular weight excluding hydrogens is 151 g/mol. The Morgan fingerprint density at radius 2 is 2.10 bits per heavy atom. The number of halogens is 1. The summed E-state index contributed by atoms with van der Waals surface area (Å²) in [6.45, 7) is 0. The van der Waals surface area contributed by atoms with Crippen LogP contribution in [0.25, 0.3) is 0 Å². The first-order chi connectivity index (χ1) is 4.84. The average Bonchev–Trinajstić information content (AvgIpc) is 1.94. The van der Waals surface area contributed by atoms with Crippen LogP contribution in [0.15, 0.2) is 29.2 Å². The van der Waals surface area contributed by atoms with Gasteiger partial charge in [0.2, 0.25) is 0 Å². The van der Waals surface area contributed by atoms with Gasteiger partial charge in [-0.3, -0.25) is 0 Å². The molecule has 0 N–H and O–H groups in total. The molecule has 0 atom stereocenters. The van der Waals surface area contributed by atoms with Gasteiger partial charge in [-0.15, -0.1) is 0 Å². The van der Waals surface area contributed by atoms with E-state index in [-0.39, 0.29) is 5.82 Å². The predicted molar refractivity (Wildman–Crippen MR) is 39.3 cm³/mol. The molecule has 0 saturated heterocycles. The van der Waals surface area contributed by atoms with Gasteiger partial charge in [0, 0.05) is 12.0 Å². The zero-order chi connectivity index (χ0) is 7.40. The third-order valence-corrected chi connectivity index (χ3v) is 1.69. The summed E-state index contributed by atoms with van der Waals surface area (Å²) in [5.74, 6) is -0.241. The average molecular weight is 158 g/mol. The van der Waals surface area contributed by atoms with Crippen molar-refractivity contribution in [2.75, 3.05) is 7.11 Å². The zero-order valence-electron chi connectivity index (χ0n) is 5.50. The van der Waals surface area contributed by atoms with Crippen LogP contribution in [0.2, 0.25) is 0 Å². The highest BCUT2D eigenvalue weighted by Crippen LogP contribution is 2.20. The van der Waals surface area contributed by atoms with Gasteiger partial charge in [0.25, 0.3) is 0 Å². The van der Waals surface area contributed by atoms with Gasteiger partial charge in [-0.1, -0.05) is 12.1 Å². The Morgan fingerprint density at radius 3 is 2.70 bits per heavy atom. The second-order valence-corrected chi connectivity index (χ2v) is 2.62. The fourth-order valence-electron chi connectivity index (χ4n) is 0.602. The first-order valence-corrected chi connectivity index (χ1v) is 3.54. The van der Waals surface area contributed by atoms with Crippen LogP contribution < -0.4 is 0 Å². The van der Waals surface area contributed by atoms with Crippen LogP contribution in [0.1, 0.15) is 0 Å². The number of rotatable bonds is 2. The maximum Gasteiger partial charge on any atom is 0.139 e. The largest absolute Gasteiger partial charge is 0.313 e. The van der Waals surface area contributed by atoms with Crippen LogP contribution in [0.5, 0.6) is 0 Å². The Balaban J connectivity index is 2.81. The fraction of sp³-hybridized carbons (Fsp3) is 0.143. The minimum absolute atomic E-state index is 0.241. The van der Waals surface area contributed by atoms with Gasteiger partial charge in [-0.2, -0.15) is 0 Å². The molecule has 10 heavy (non-hydrogen) atoms. The maximum absolute atomic E-state index is 12.7. The lowest BCUT2D eigenvalue weighted by Gasteiger charge is -1.96. The molecule has 0 unspecified atom stereocenters. The minimum Gasteiger partial charge on any atom is -0.313 e. The van der Waals surface area contributed by atoms with Crippen molar-refractivity contribution >= 4 is 12.0 Å². The van der Waals surface area contributed by atoms with Crippen molar-refractivity contribution in [2.24, 2.45) is 0 Å². The SMILES string of the molecule is COSc1ccccc1F. The second kappa shape index (κ2) is 3.58. The Labute approximate surface area is 63.4 Å². The molecule has 0 aliphatic heterocycles.